The molecule has 3 heteroatoms. The monoisotopic (exact) mass is 264 g/mol. The second-order valence-corrected chi connectivity index (χ2v) is 5.33. The molecule has 20 heavy (non-hydrogen) atoms. The first-order chi connectivity index (χ1) is 9.81. The van der Waals surface area contributed by atoms with Gasteiger partial charge >= 0.3 is 0 Å². The van der Waals surface area contributed by atoms with Gasteiger partial charge in [0.2, 0.25) is 0 Å². The molecule has 0 amide bonds. The van der Waals surface area contributed by atoms with Gasteiger partial charge in [-0.1, -0.05) is 24.3 Å². The van der Waals surface area contributed by atoms with Gasteiger partial charge in [-0.25, -0.2) is 4.98 Å². The third kappa shape index (κ3) is 1.78. The highest BCUT2D eigenvalue weighted by Crippen LogP contribution is 2.35. The standard InChI is InChI=1S/C17H16N2O/c1-12-11-19-10-4-7-16(17(19)18-12)20-15-9-8-13-5-2-3-6-14(13)15/h2-7,10-11,15H,8-9H2,1H3. The summed E-state index contributed by atoms with van der Waals surface area (Å²) in [5.41, 5.74) is 4.63. The number of rotatable bonds is 2. The van der Waals surface area contributed by atoms with Crippen LogP contribution in [0, 0.1) is 6.92 Å². The van der Waals surface area contributed by atoms with Gasteiger partial charge in [0.1, 0.15) is 6.10 Å². The van der Waals surface area contributed by atoms with Crippen LogP contribution in [0.5, 0.6) is 5.75 Å². The lowest BCUT2D eigenvalue weighted by Gasteiger charge is -2.15. The first kappa shape index (κ1) is 11.5. The number of nitrogens with zero attached hydrogens (tertiary/aromatic N) is 2. The highest BCUT2D eigenvalue weighted by Gasteiger charge is 2.24. The van der Waals surface area contributed by atoms with Crippen molar-refractivity contribution in [2.75, 3.05) is 0 Å². The number of benzene rings is 1. The second kappa shape index (κ2) is 4.37. The number of imidazole rings is 1. The Morgan fingerprint density at radius 2 is 2.10 bits per heavy atom. The van der Waals surface area contributed by atoms with E-state index in [0.717, 1.165) is 29.9 Å². The van der Waals surface area contributed by atoms with E-state index in [2.05, 4.69) is 29.2 Å². The molecule has 0 bridgehead atoms. The van der Waals surface area contributed by atoms with E-state index in [1.807, 2.05) is 35.9 Å². The Balaban J connectivity index is 1.72. The first-order valence-corrected chi connectivity index (χ1v) is 7.00. The fraction of sp³-hybridized carbons (Fsp3) is 0.235. The average Bonchev–Trinajstić information content (AvgIpc) is 3.03. The van der Waals surface area contributed by atoms with Gasteiger partial charge in [-0.2, -0.15) is 0 Å². The lowest BCUT2D eigenvalue weighted by Crippen LogP contribution is -2.04. The van der Waals surface area contributed by atoms with E-state index in [9.17, 15) is 0 Å². The van der Waals surface area contributed by atoms with Crippen molar-refractivity contribution in [1.82, 2.24) is 9.38 Å². The van der Waals surface area contributed by atoms with E-state index in [0.29, 0.717) is 0 Å². The van der Waals surface area contributed by atoms with E-state index < -0.39 is 0 Å². The van der Waals surface area contributed by atoms with Crippen LogP contribution < -0.4 is 4.74 Å². The summed E-state index contributed by atoms with van der Waals surface area (Å²) in [6.07, 6.45) is 6.31. The molecule has 0 N–H and O–H groups in total. The van der Waals surface area contributed by atoms with Crippen LogP contribution >= 0.6 is 0 Å². The minimum Gasteiger partial charge on any atom is -0.482 e. The van der Waals surface area contributed by atoms with Crippen LogP contribution in [0.25, 0.3) is 5.65 Å². The average molecular weight is 264 g/mol. The molecule has 3 aromatic rings. The zero-order valence-electron chi connectivity index (χ0n) is 11.4. The van der Waals surface area contributed by atoms with Crippen LogP contribution in [-0.2, 0) is 6.42 Å². The Morgan fingerprint density at radius 1 is 1.20 bits per heavy atom. The molecule has 0 saturated heterocycles. The Bertz CT molecular complexity index is 776. The van der Waals surface area contributed by atoms with Crippen molar-refractivity contribution >= 4 is 5.65 Å². The van der Waals surface area contributed by atoms with Crippen molar-refractivity contribution in [3.05, 3.63) is 65.6 Å². The predicted molar refractivity (Wildman–Crippen MR) is 78.1 cm³/mol. The zero-order valence-corrected chi connectivity index (χ0v) is 11.4. The summed E-state index contributed by atoms with van der Waals surface area (Å²) in [6, 6.07) is 12.6. The smallest absolute Gasteiger partial charge is 0.179 e. The van der Waals surface area contributed by atoms with Crippen LogP contribution in [-0.4, -0.2) is 9.38 Å². The number of ether oxygens (including phenoxy) is 1. The SMILES string of the molecule is Cc1cn2cccc(OC3CCc4ccccc43)c2n1. The summed E-state index contributed by atoms with van der Waals surface area (Å²) in [6.45, 7) is 2.00. The summed E-state index contributed by atoms with van der Waals surface area (Å²) in [4.78, 5) is 4.55. The highest BCUT2D eigenvalue weighted by molar-refractivity contribution is 5.54. The molecule has 0 saturated carbocycles. The van der Waals surface area contributed by atoms with Crippen LogP contribution in [0.4, 0.5) is 0 Å². The summed E-state index contributed by atoms with van der Waals surface area (Å²) in [5.74, 6) is 0.863. The molecule has 100 valence electrons. The first-order valence-electron chi connectivity index (χ1n) is 7.00. The zero-order chi connectivity index (χ0) is 13.5. The van der Waals surface area contributed by atoms with Crippen LogP contribution in [0.15, 0.2) is 48.8 Å². The van der Waals surface area contributed by atoms with Crippen LogP contribution in [0.1, 0.15) is 29.3 Å². The van der Waals surface area contributed by atoms with Crippen molar-refractivity contribution in [3.8, 4) is 5.75 Å². The molecule has 0 spiro atoms. The predicted octanol–water partition coefficient (Wildman–Crippen LogP) is 3.71. The quantitative estimate of drug-likeness (QED) is 0.705. The Hall–Kier alpha value is -2.29. The number of aryl methyl sites for hydroxylation is 2. The van der Waals surface area contributed by atoms with E-state index in [4.69, 9.17) is 4.74 Å². The van der Waals surface area contributed by atoms with Gasteiger partial charge in [0.15, 0.2) is 11.4 Å². The van der Waals surface area contributed by atoms with Crippen molar-refractivity contribution in [1.29, 1.82) is 0 Å². The maximum atomic E-state index is 6.25. The van der Waals surface area contributed by atoms with Gasteiger partial charge in [-0.05, 0) is 43.0 Å². The molecule has 2 heterocycles. The Labute approximate surface area is 117 Å². The molecular formula is C17H16N2O. The number of fused-ring (bicyclic) bond motifs is 2. The molecule has 1 unspecified atom stereocenters. The van der Waals surface area contributed by atoms with Gasteiger partial charge in [-0.3, -0.25) is 0 Å². The molecule has 1 aliphatic carbocycles. The van der Waals surface area contributed by atoms with Crippen molar-refractivity contribution < 1.29 is 4.74 Å². The summed E-state index contributed by atoms with van der Waals surface area (Å²) < 4.78 is 8.26. The van der Waals surface area contributed by atoms with Crippen molar-refractivity contribution in [3.63, 3.8) is 0 Å². The minimum atomic E-state index is 0.148. The van der Waals surface area contributed by atoms with Crippen LogP contribution in [0.3, 0.4) is 0 Å². The molecule has 0 aliphatic heterocycles. The normalized spacial score (nSPS) is 17.4. The molecule has 4 rings (SSSR count). The second-order valence-electron chi connectivity index (χ2n) is 5.33. The maximum absolute atomic E-state index is 6.25. The van der Waals surface area contributed by atoms with Crippen molar-refractivity contribution in [2.45, 2.75) is 25.9 Å². The molecule has 0 radical (unpaired) electrons. The number of hydrogen-bond acceptors (Lipinski definition) is 2. The Morgan fingerprint density at radius 3 is 3.05 bits per heavy atom. The third-order valence-electron chi connectivity index (χ3n) is 3.91. The summed E-state index contributed by atoms with van der Waals surface area (Å²) in [5, 5.41) is 0. The molecule has 3 nitrogen and oxygen atoms in total. The molecule has 1 aliphatic rings. The lowest BCUT2D eigenvalue weighted by atomic mass is 10.1. The Kier molecular flexibility index (Phi) is 2.52. The van der Waals surface area contributed by atoms with Crippen molar-refractivity contribution in [2.24, 2.45) is 0 Å². The number of pyridine rings is 1. The summed E-state index contributed by atoms with van der Waals surface area (Å²) in [7, 11) is 0. The molecular weight excluding hydrogens is 248 g/mol. The van der Waals surface area contributed by atoms with Gasteiger partial charge in [0, 0.05) is 12.4 Å². The van der Waals surface area contributed by atoms with Gasteiger partial charge < -0.3 is 9.14 Å². The fourth-order valence-electron chi connectivity index (χ4n) is 3.00. The lowest BCUT2D eigenvalue weighted by molar-refractivity contribution is 0.209. The highest BCUT2D eigenvalue weighted by atomic mass is 16.5. The number of aromatic nitrogens is 2. The molecule has 2 aromatic heterocycles. The minimum absolute atomic E-state index is 0.148. The molecule has 1 atom stereocenters. The fourth-order valence-corrected chi connectivity index (χ4v) is 3.00. The van der Waals surface area contributed by atoms with Gasteiger partial charge in [0.05, 0.1) is 5.69 Å². The molecule has 1 aromatic carbocycles. The van der Waals surface area contributed by atoms with E-state index in [1.54, 1.807) is 0 Å². The van der Waals surface area contributed by atoms with E-state index >= 15 is 0 Å². The van der Waals surface area contributed by atoms with E-state index in [1.165, 1.54) is 11.1 Å². The maximum Gasteiger partial charge on any atom is 0.179 e. The van der Waals surface area contributed by atoms with E-state index in [-0.39, 0.29) is 6.10 Å². The number of hydrogen-bond donors (Lipinski definition) is 0. The van der Waals surface area contributed by atoms with Crippen LogP contribution in [0.2, 0.25) is 0 Å². The largest absolute Gasteiger partial charge is 0.482 e. The molecule has 0 fully saturated rings. The topological polar surface area (TPSA) is 26.5 Å². The third-order valence-corrected chi connectivity index (χ3v) is 3.91. The van der Waals surface area contributed by atoms with Gasteiger partial charge in [-0.15, -0.1) is 0 Å². The van der Waals surface area contributed by atoms with Gasteiger partial charge in [0.25, 0.3) is 0 Å². The summed E-state index contributed by atoms with van der Waals surface area (Å²) >= 11 is 0.